The van der Waals surface area contributed by atoms with E-state index in [1.165, 1.54) is 10.9 Å². The predicted octanol–water partition coefficient (Wildman–Crippen LogP) is -2.02. The van der Waals surface area contributed by atoms with Gasteiger partial charge in [0, 0.05) is 6.42 Å². The molecule has 4 aromatic rings. The molecule has 45 heavy (non-hydrogen) atoms. The van der Waals surface area contributed by atoms with Crippen molar-refractivity contribution in [2.45, 2.75) is 49.4 Å². The third-order valence-electron chi connectivity index (χ3n) is 7.30. The summed E-state index contributed by atoms with van der Waals surface area (Å²) in [4.78, 5) is 66.2. The molecule has 23 nitrogen and oxygen atoms in total. The second-order valence-corrected chi connectivity index (χ2v) is 13.0. The van der Waals surface area contributed by atoms with Crippen LogP contribution >= 0.6 is 15.6 Å². The fourth-order valence-corrected chi connectivity index (χ4v) is 7.27. The Morgan fingerprint density at radius 1 is 0.822 bits per heavy atom. The first-order valence-electron chi connectivity index (χ1n) is 13.0. The smallest absolute Gasteiger partial charge is 0.386 e. The minimum Gasteiger partial charge on any atom is -0.386 e. The monoisotopic (exact) mass is 674 g/mol. The highest BCUT2D eigenvalue weighted by atomic mass is 31.2. The zero-order chi connectivity index (χ0) is 31.8. The van der Waals surface area contributed by atoms with Crippen LogP contribution in [0.5, 0.6) is 0 Å². The van der Waals surface area contributed by atoms with Crippen molar-refractivity contribution in [3.8, 4) is 0 Å². The molecule has 0 spiro atoms. The average molecular weight is 674 g/mol. The van der Waals surface area contributed by atoms with Crippen LogP contribution in [0.15, 0.2) is 22.2 Å². The molecule has 0 amide bonds. The van der Waals surface area contributed by atoms with Gasteiger partial charge in [-0.2, -0.15) is 9.97 Å². The van der Waals surface area contributed by atoms with Crippen LogP contribution in [0.25, 0.3) is 22.3 Å². The molecule has 7 heterocycles. The van der Waals surface area contributed by atoms with Crippen LogP contribution in [-0.4, -0.2) is 97.7 Å². The first kappa shape index (κ1) is 30.1. The number of phosphoric acid groups is 2. The minimum atomic E-state index is -5.00. The van der Waals surface area contributed by atoms with Crippen molar-refractivity contribution in [1.82, 2.24) is 39.0 Å². The van der Waals surface area contributed by atoms with Gasteiger partial charge in [-0.25, -0.2) is 19.1 Å². The van der Waals surface area contributed by atoms with Crippen LogP contribution in [0.1, 0.15) is 18.9 Å². The number of H-pyrrole nitrogens is 2. The lowest BCUT2D eigenvalue weighted by molar-refractivity contribution is -0.0662. The van der Waals surface area contributed by atoms with Crippen molar-refractivity contribution in [2.75, 3.05) is 24.7 Å². The van der Waals surface area contributed by atoms with E-state index >= 15 is 0 Å². The highest BCUT2D eigenvalue weighted by Gasteiger charge is 2.52. The van der Waals surface area contributed by atoms with E-state index in [0.717, 1.165) is 10.9 Å². The van der Waals surface area contributed by atoms with Crippen LogP contribution in [0.4, 0.5) is 11.9 Å². The number of fused-ring (bicyclic) bond motifs is 4. The predicted molar refractivity (Wildman–Crippen MR) is 145 cm³/mol. The molecule has 9 N–H and O–H groups in total. The van der Waals surface area contributed by atoms with Gasteiger partial charge in [-0.15, -0.1) is 0 Å². The first-order valence-corrected chi connectivity index (χ1v) is 16.0. The van der Waals surface area contributed by atoms with Crippen molar-refractivity contribution in [3.63, 3.8) is 0 Å². The van der Waals surface area contributed by atoms with E-state index in [2.05, 4.69) is 29.9 Å². The fraction of sp³-hybridized carbons (Fsp3) is 0.500. The number of aliphatic hydroxyl groups is 1. The molecule has 3 saturated heterocycles. The Bertz CT molecular complexity index is 2010. The lowest BCUT2D eigenvalue weighted by Crippen LogP contribution is -2.37. The summed E-state index contributed by atoms with van der Waals surface area (Å²) in [7, 11) is -9.90. The van der Waals surface area contributed by atoms with Crippen molar-refractivity contribution in [2.24, 2.45) is 0 Å². The van der Waals surface area contributed by atoms with Gasteiger partial charge in [-0.05, 0) is 0 Å². The largest absolute Gasteiger partial charge is 0.472 e. The minimum absolute atomic E-state index is 0.0424. The number of hydrogen-bond acceptors (Lipinski definition) is 17. The molecule has 242 valence electrons. The fourth-order valence-electron chi connectivity index (χ4n) is 5.35. The number of anilines is 2. The Balaban J connectivity index is 1.16. The summed E-state index contributed by atoms with van der Waals surface area (Å²) in [6, 6.07) is 0. The number of aromatic nitrogens is 8. The quantitative estimate of drug-likeness (QED) is 0.113. The summed E-state index contributed by atoms with van der Waals surface area (Å²) in [6.45, 7) is -1.48. The van der Waals surface area contributed by atoms with Gasteiger partial charge in [-0.3, -0.25) is 46.8 Å². The van der Waals surface area contributed by atoms with Crippen molar-refractivity contribution >= 4 is 49.9 Å². The molecule has 3 aliphatic rings. The van der Waals surface area contributed by atoms with Crippen molar-refractivity contribution in [3.05, 3.63) is 33.4 Å². The molecule has 0 aromatic carbocycles. The second kappa shape index (κ2) is 10.7. The molecular formula is C20H24N10O13P2. The zero-order valence-electron chi connectivity index (χ0n) is 22.5. The number of nitrogens with zero attached hydrogens (tertiary/aromatic N) is 6. The third-order valence-corrected chi connectivity index (χ3v) is 9.30. The van der Waals surface area contributed by atoms with Crippen LogP contribution in [0.3, 0.4) is 0 Å². The van der Waals surface area contributed by atoms with Gasteiger partial charge in [0.25, 0.3) is 11.1 Å². The molecule has 9 atom stereocenters. The van der Waals surface area contributed by atoms with E-state index < -0.39 is 83.0 Å². The highest BCUT2D eigenvalue weighted by molar-refractivity contribution is 7.47. The van der Waals surface area contributed by atoms with E-state index in [1.54, 1.807) is 0 Å². The number of hydrogen-bond donors (Lipinski definition) is 7. The topological polar surface area (TPSA) is 329 Å². The highest BCUT2D eigenvalue weighted by Crippen LogP contribution is 2.53. The van der Waals surface area contributed by atoms with Crippen molar-refractivity contribution in [1.29, 1.82) is 0 Å². The SMILES string of the molecule is Nc1nc2c(ncn2[C@@H]2O[C@@H]3COP(=O)(O)OC4C[C@H](n5cnc6c(=O)[nH]c(N)nc65)O[C@@H]4COP(=O)(O)O[C@@H]3C2O)c(=O)[nH]1. The molecule has 4 aromatic heterocycles. The number of aliphatic hydroxyl groups excluding tert-OH is 1. The molecule has 3 aliphatic heterocycles. The maximum atomic E-state index is 13.1. The lowest BCUT2D eigenvalue weighted by Gasteiger charge is -2.27. The Labute approximate surface area is 248 Å². The maximum Gasteiger partial charge on any atom is 0.472 e. The number of rotatable bonds is 2. The summed E-state index contributed by atoms with van der Waals surface area (Å²) in [5.74, 6) is -0.456. The van der Waals surface area contributed by atoms with E-state index in [9.17, 15) is 33.6 Å². The van der Waals surface area contributed by atoms with E-state index in [1.807, 2.05) is 0 Å². The summed E-state index contributed by atoms with van der Waals surface area (Å²) in [6.07, 6.45) is -7.63. The van der Waals surface area contributed by atoms with Crippen LogP contribution < -0.4 is 22.6 Å². The summed E-state index contributed by atoms with van der Waals surface area (Å²) in [5.41, 5.74) is 9.75. The zero-order valence-corrected chi connectivity index (χ0v) is 24.3. The van der Waals surface area contributed by atoms with Gasteiger partial charge >= 0.3 is 15.6 Å². The van der Waals surface area contributed by atoms with Gasteiger partial charge in [0.1, 0.15) is 36.7 Å². The maximum absolute atomic E-state index is 13.1. The Morgan fingerprint density at radius 2 is 1.38 bits per heavy atom. The molecule has 0 aliphatic carbocycles. The normalized spacial score (nSPS) is 36.0. The van der Waals surface area contributed by atoms with Gasteiger partial charge in [0.15, 0.2) is 28.6 Å². The third kappa shape index (κ3) is 5.47. The number of phosphoric ester groups is 2. The van der Waals surface area contributed by atoms with E-state index in [0.29, 0.717) is 0 Å². The summed E-state index contributed by atoms with van der Waals surface area (Å²) >= 11 is 0. The number of nitrogen functional groups attached to an aromatic ring is 2. The van der Waals surface area contributed by atoms with Crippen LogP contribution in [0.2, 0.25) is 0 Å². The Morgan fingerprint density at radius 3 is 2.02 bits per heavy atom. The summed E-state index contributed by atoms with van der Waals surface area (Å²) in [5, 5.41) is 11.1. The van der Waals surface area contributed by atoms with Gasteiger partial charge in [-0.1, -0.05) is 0 Å². The molecule has 0 saturated carbocycles. The molecule has 4 unspecified atom stereocenters. The van der Waals surface area contributed by atoms with Gasteiger partial charge in [0.2, 0.25) is 11.9 Å². The molecule has 3 fully saturated rings. The molecule has 0 bridgehead atoms. The average Bonchev–Trinajstić information content (AvgIpc) is 3.71. The Hall–Kier alpha value is -3.60. The number of nitrogens with one attached hydrogen (secondary N) is 2. The van der Waals surface area contributed by atoms with E-state index in [-0.39, 0.29) is 40.6 Å². The molecule has 25 heteroatoms. The number of nitrogens with two attached hydrogens (primary N) is 2. The lowest BCUT2D eigenvalue weighted by atomic mass is 10.1. The van der Waals surface area contributed by atoms with Crippen molar-refractivity contribution < 1.29 is 51.6 Å². The molecule has 7 rings (SSSR count). The molecular weight excluding hydrogens is 650 g/mol. The van der Waals surface area contributed by atoms with Gasteiger partial charge < -0.3 is 35.8 Å². The Kier molecular flexibility index (Phi) is 7.18. The second-order valence-electron chi connectivity index (χ2n) is 10.2. The van der Waals surface area contributed by atoms with Crippen LogP contribution in [-0.2, 0) is 36.7 Å². The molecule has 0 radical (unpaired) electrons. The summed E-state index contributed by atoms with van der Waals surface area (Å²) < 4.78 is 61.2. The number of imidazole rings is 2. The number of ether oxygens (including phenoxy) is 2. The van der Waals surface area contributed by atoms with Gasteiger partial charge in [0.05, 0.1) is 25.9 Å². The standard InChI is InChI=1S/C20H24N10O13P2/c21-19-25-14-10(16(32)27-19)23-4-29(14)9-1-6-7(40-9)2-38-45(36,37)43-13-8(3-39-44(34,35)42-6)41-18(12(13)31)30-5-24-11-15(30)26-20(22)28-17(11)33/h4-9,12-13,18,31H,1-3H2,(H,34,35)(H,36,37)(H3,21,25,27,32)(H3,22,26,28,33)/t6?,7-,8-,9-,12?,13+,18-/m1/s1. The number of aromatic amines is 2. The first-order chi connectivity index (χ1) is 21.3. The van der Waals surface area contributed by atoms with E-state index in [4.69, 9.17) is 39.0 Å². The van der Waals surface area contributed by atoms with Crippen LogP contribution in [0, 0.1) is 0 Å².